The number of fused-ring (bicyclic) bond motifs is 2. The van der Waals surface area contributed by atoms with E-state index in [4.69, 9.17) is 16.3 Å². The van der Waals surface area contributed by atoms with Crippen molar-refractivity contribution in [2.75, 3.05) is 19.0 Å². The molecule has 3 heterocycles. The Morgan fingerprint density at radius 2 is 2.06 bits per heavy atom. The largest absolute Gasteiger partial charge is 0.496 e. The number of methoxy groups -OCH3 is 1. The summed E-state index contributed by atoms with van der Waals surface area (Å²) in [6.45, 7) is 2.04. The average molecular weight is 498 g/mol. The van der Waals surface area contributed by atoms with Crippen molar-refractivity contribution in [3.63, 3.8) is 0 Å². The van der Waals surface area contributed by atoms with Gasteiger partial charge in [0.15, 0.2) is 0 Å². The molecule has 0 bridgehead atoms. The zero-order chi connectivity index (χ0) is 24.0. The Hall–Kier alpha value is -3.50. The van der Waals surface area contributed by atoms with Gasteiger partial charge in [-0.1, -0.05) is 22.2 Å². The molecule has 0 saturated carbocycles. The van der Waals surface area contributed by atoms with Crippen LogP contribution in [-0.2, 0) is 4.79 Å². The van der Waals surface area contributed by atoms with Crippen LogP contribution >= 0.6 is 23.1 Å². The number of rotatable bonds is 4. The van der Waals surface area contributed by atoms with Crippen molar-refractivity contribution in [2.45, 2.75) is 25.4 Å². The molecule has 1 saturated heterocycles. The van der Waals surface area contributed by atoms with Crippen molar-refractivity contribution in [3.8, 4) is 16.9 Å². The number of aryl methyl sites for hydroxylation is 1. The van der Waals surface area contributed by atoms with E-state index in [-0.39, 0.29) is 17.7 Å². The molecule has 9 nitrogen and oxygen atoms in total. The summed E-state index contributed by atoms with van der Waals surface area (Å²) in [6.07, 6.45) is 0.456. The number of nitrogens with zero attached hydrogens (tertiary/aromatic N) is 3. The van der Waals surface area contributed by atoms with Gasteiger partial charge >= 0.3 is 0 Å². The lowest BCUT2D eigenvalue weighted by Gasteiger charge is -2.24. The van der Waals surface area contributed by atoms with Crippen LogP contribution in [0.1, 0.15) is 32.1 Å². The lowest BCUT2D eigenvalue weighted by Crippen LogP contribution is -2.51. The number of amides is 3. The molecule has 2 atom stereocenters. The van der Waals surface area contributed by atoms with Crippen molar-refractivity contribution < 1.29 is 19.1 Å². The van der Waals surface area contributed by atoms with Gasteiger partial charge in [0.2, 0.25) is 5.91 Å². The van der Waals surface area contributed by atoms with Gasteiger partial charge < -0.3 is 20.3 Å². The van der Waals surface area contributed by atoms with Gasteiger partial charge in [0.05, 0.1) is 30.1 Å². The third-order valence-electron chi connectivity index (χ3n) is 6.08. The number of aromatic nitrogens is 2. The van der Waals surface area contributed by atoms with E-state index in [2.05, 4.69) is 20.2 Å². The molecule has 2 aliphatic heterocycles. The van der Waals surface area contributed by atoms with E-state index in [1.807, 2.05) is 0 Å². The van der Waals surface area contributed by atoms with E-state index < -0.39 is 12.1 Å². The molecule has 1 fully saturated rings. The normalized spacial score (nSPS) is 19.2. The van der Waals surface area contributed by atoms with Crippen molar-refractivity contribution in [3.05, 3.63) is 57.6 Å². The van der Waals surface area contributed by atoms with Crippen LogP contribution in [0.4, 0.5) is 5.69 Å². The Balaban J connectivity index is 1.46. The maximum atomic E-state index is 13.5. The predicted molar refractivity (Wildman–Crippen MR) is 127 cm³/mol. The Kier molecular flexibility index (Phi) is 5.70. The number of anilines is 1. The molecular weight excluding hydrogens is 478 g/mol. The summed E-state index contributed by atoms with van der Waals surface area (Å²) in [5.74, 6) is -0.364. The van der Waals surface area contributed by atoms with Crippen LogP contribution in [0.5, 0.6) is 5.75 Å². The van der Waals surface area contributed by atoms with Crippen LogP contribution in [0.2, 0.25) is 5.02 Å². The molecule has 34 heavy (non-hydrogen) atoms. The fraction of sp³-hybridized carbons (Fsp3) is 0.261. The molecule has 0 unspecified atom stereocenters. The SMILES string of the molecule is COc1ccc(Cl)cc1-c1ccc2c(c1)C(=O)N1CC[C@H](NC(=O)c3snnc3C)[C@H]1C(=O)N2. The van der Waals surface area contributed by atoms with Gasteiger partial charge in [-0.2, -0.15) is 0 Å². The number of carbonyl (C=O) groups is 3. The number of halogens is 1. The quantitative estimate of drug-likeness (QED) is 0.572. The monoisotopic (exact) mass is 497 g/mol. The highest BCUT2D eigenvalue weighted by Gasteiger charge is 2.45. The maximum absolute atomic E-state index is 13.5. The standard InChI is InChI=1S/C23H20ClN5O4S/c1-11-20(34-28-27-11)22(31)26-17-7-8-29-19(17)21(30)25-16-5-3-12(9-15(16)23(29)32)14-10-13(24)4-6-18(14)33-2/h3-6,9-10,17,19H,7-8H2,1-2H3,(H,25,30)(H,26,31)/t17-,19-/m0/s1. The second kappa shape index (κ2) is 8.69. The Bertz CT molecular complexity index is 1330. The highest BCUT2D eigenvalue weighted by Crippen LogP contribution is 2.36. The van der Waals surface area contributed by atoms with Crippen LogP contribution in [0.25, 0.3) is 11.1 Å². The molecule has 2 N–H and O–H groups in total. The summed E-state index contributed by atoms with van der Waals surface area (Å²) in [7, 11) is 1.56. The fourth-order valence-corrected chi connectivity index (χ4v) is 5.17. The topological polar surface area (TPSA) is 114 Å². The molecule has 0 spiro atoms. The van der Waals surface area contributed by atoms with Crippen molar-refractivity contribution >= 4 is 46.5 Å². The maximum Gasteiger partial charge on any atom is 0.265 e. The third-order valence-corrected chi connectivity index (χ3v) is 7.14. The molecular formula is C23H20ClN5O4S. The van der Waals surface area contributed by atoms with Crippen LogP contribution in [0.3, 0.4) is 0 Å². The summed E-state index contributed by atoms with van der Waals surface area (Å²) in [5.41, 5.74) is 2.77. The minimum absolute atomic E-state index is 0.284. The molecule has 5 rings (SSSR count). The Morgan fingerprint density at radius 3 is 2.79 bits per heavy atom. The first-order valence-electron chi connectivity index (χ1n) is 10.6. The lowest BCUT2D eigenvalue weighted by molar-refractivity contribution is -0.120. The highest BCUT2D eigenvalue weighted by atomic mass is 35.5. The van der Waals surface area contributed by atoms with E-state index in [0.29, 0.717) is 45.6 Å². The molecule has 1 aromatic heterocycles. The van der Waals surface area contributed by atoms with Crippen LogP contribution in [0.15, 0.2) is 36.4 Å². The van der Waals surface area contributed by atoms with Crippen molar-refractivity contribution in [1.29, 1.82) is 0 Å². The van der Waals surface area contributed by atoms with Gasteiger partial charge in [-0.25, -0.2) is 0 Å². The number of carbonyl (C=O) groups excluding carboxylic acids is 3. The van der Waals surface area contributed by atoms with E-state index in [9.17, 15) is 14.4 Å². The molecule has 3 amide bonds. The zero-order valence-electron chi connectivity index (χ0n) is 18.3. The summed E-state index contributed by atoms with van der Waals surface area (Å²) in [5, 5.41) is 10.1. The minimum Gasteiger partial charge on any atom is -0.496 e. The summed E-state index contributed by atoms with van der Waals surface area (Å²) >= 11 is 7.18. The minimum atomic E-state index is -0.825. The summed E-state index contributed by atoms with van der Waals surface area (Å²) in [6, 6.07) is 9.13. The number of ether oxygens (including phenoxy) is 1. The summed E-state index contributed by atoms with van der Waals surface area (Å²) < 4.78 is 9.24. The van der Waals surface area contributed by atoms with Crippen LogP contribution in [0, 0.1) is 6.92 Å². The van der Waals surface area contributed by atoms with Crippen LogP contribution < -0.4 is 15.4 Å². The van der Waals surface area contributed by atoms with Gasteiger partial charge in [0, 0.05) is 17.1 Å². The first-order valence-corrected chi connectivity index (χ1v) is 11.7. The fourth-order valence-electron chi connectivity index (χ4n) is 4.43. The molecule has 11 heteroatoms. The molecule has 0 aliphatic carbocycles. The van der Waals surface area contributed by atoms with Crippen molar-refractivity contribution in [2.24, 2.45) is 0 Å². The van der Waals surface area contributed by atoms with E-state index in [1.165, 1.54) is 4.90 Å². The Morgan fingerprint density at radius 1 is 1.24 bits per heavy atom. The van der Waals surface area contributed by atoms with Gasteiger partial charge in [0.25, 0.3) is 11.8 Å². The third kappa shape index (κ3) is 3.78. The summed E-state index contributed by atoms with van der Waals surface area (Å²) in [4.78, 5) is 41.3. The molecule has 2 aromatic carbocycles. The van der Waals surface area contributed by atoms with E-state index in [0.717, 1.165) is 22.7 Å². The van der Waals surface area contributed by atoms with Gasteiger partial charge in [-0.15, -0.1) is 5.10 Å². The van der Waals surface area contributed by atoms with Crippen molar-refractivity contribution in [1.82, 2.24) is 19.8 Å². The van der Waals surface area contributed by atoms with Gasteiger partial charge in [-0.05, 0) is 60.8 Å². The van der Waals surface area contributed by atoms with E-state index >= 15 is 0 Å². The number of benzene rings is 2. The second-order valence-electron chi connectivity index (χ2n) is 8.09. The molecule has 3 aromatic rings. The molecule has 174 valence electrons. The van der Waals surface area contributed by atoms with Gasteiger partial charge in [0.1, 0.15) is 16.7 Å². The first kappa shape index (κ1) is 22.3. The van der Waals surface area contributed by atoms with Gasteiger partial charge in [-0.3, -0.25) is 14.4 Å². The smallest absolute Gasteiger partial charge is 0.265 e. The number of hydrogen-bond acceptors (Lipinski definition) is 7. The second-order valence-corrected chi connectivity index (χ2v) is 9.28. The zero-order valence-corrected chi connectivity index (χ0v) is 19.9. The van der Waals surface area contributed by atoms with E-state index in [1.54, 1.807) is 50.4 Å². The Labute approximate surface area is 204 Å². The number of hydrogen-bond donors (Lipinski definition) is 2. The average Bonchev–Trinajstić information content (AvgIpc) is 3.42. The predicted octanol–water partition coefficient (Wildman–Crippen LogP) is 3.14. The number of nitrogens with one attached hydrogen (secondary N) is 2. The molecule has 2 aliphatic rings. The van der Waals surface area contributed by atoms with Crippen LogP contribution in [-0.4, -0.2) is 57.9 Å². The first-order chi connectivity index (χ1) is 16.4. The lowest BCUT2D eigenvalue weighted by atomic mass is 10.0. The molecule has 0 radical (unpaired) electrons. The highest BCUT2D eigenvalue weighted by molar-refractivity contribution is 7.08.